The number of hydrogen-bond acceptors (Lipinski definition) is 1. The number of rotatable bonds is 1. The van der Waals surface area contributed by atoms with Gasteiger partial charge >= 0.3 is 6.03 Å². The Morgan fingerprint density at radius 3 is 2.62 bits per heavy atom. The summed E-state index contributed by atoms with van der Waals surface area (Å²) in [5, 5.41) is 3.19. The summed E-state index contributed by atoms with van der Waals surface area (Å²) in [7, 11) is 0. The fraction of sp³-hybridized carbons (Fsp3) is 0.923. The van der Waals surface area contributed by atoms with Crippen LogP contribution in [0.4, 0.5) is 4.79 Å². The normalized spacial score (nSPS) is 35.1. The zero-order chi connectivity index (χ0) is 11.5. The highest BCUT2D eigenvalue weighted by molar-refractivity contribution is 5.74. The van der Waals surface area contributed by atoms with E-state index in [1.54, 1.807) is 0 Å². The molecule has 3 nitrogen and oxygen atoms in total. The molecule has 1 heterocycles. The van der Waals surface area contributed by atoms with Gasteiger partial charge in [0, 0.05) is 19.1 Å². The lowest BCUT2D eigenvalue weighted by Crippen LogP contribution is -2.47. The van der Waals surface area contributed by atoms with Crippen LogP contribution in [0.5, 0.6) is 0 Å². The van der Waals surface area contributed by atoms with E-state index in [2.05, 4.69) is 19.2 Å². The van der Waals surface area contributed by atoms with Gasteiger partial charge in [-0.1, -0.05) is 13.8 Å². The van der Waals surface area contributed by atoms with Crippen molar-refractivity contribution in [2.45, 2.75) is 52.0 Å². The molecule has 3 unspecified atom stereocenters. The van der Waals surface area contributed by atoms with Crippen molar-refractivity contribution in [2.75, 3.05) is 13.1 Å². The third-order valence-corrected chi connectivity index (χ3v) is 3.97. The Kier molecular flexibility index (Phi) is 3.72. The summed E-state index contributed by atoms with van der Waals surface area (Å²) in [5.74, 6) is 1.45. The fourth-order valence-electron chi connectivity index (χ4n) is 2.98. The minimum absolute atomic E-state index is 0.172. The van der Waals surface area contributed by atoms with E-state index in [4.69, 9.17) is 0 Å². The lowest BCUT2D eigenvalue weighted by atomic mass is 10.0. The Morgan fingerprint density at radius 2 is 2.00 bits per heavy atom. The number of likely N-dealkylation sites (tertiary alicyclic amines) is 1. The van der Waals surface area contributed by atoms with E-state index < -0.39 is 0 Å². The molecule has 16 heavy (non-hydrogen) atoms. The van der Waals surface area contributed by atoms with Crippen LogP contribution >= 0.6 is 0 Å². The maximum atomic E-state index is 12.0. The van der Waals surface area contributed by atoms with Gasteiger partial charge in [-0.3, -0.25) is 0 Å². The first-order valence-corrected chi connectivity index (χ1v) is 6.70. The summed E-state index contributed by atoms with van der Waals surface area (Å²) in [6, 6.07) is 0.602. The number of nitrogens with one attached hydrogen (secondary N) is 1. The summed E-state index contributed by atoms with van der Waals surface area (Å²) < 4.78 is 0. The zero-order valence-electron chi connectivity index (χ0n) is 10.5. The molecule has 3 atom stereocenters. The number of urea groups is 1. The Labute approximate surface area is 98.6 Å². The molecule has 0 aromatic carbocycles. The monoisotopic (exact) mass is 224 g/mol. The van der Waals surface area contributed by atoms with Crippen LogP contribution in [0, 0.1) is 11.8 Å². The predicted molar refractivity (Wildman–Crippen MR) is 65.3 cm³/mol. The van der Waals surface area contributed by atoms with Gasteiger partial charge in [0.25, 0.3) is 0 Å². The van der Waals surface area contributed by atoms with Gasteiger partial charge in [-0.15, -0.1) is 0 Å². The summed E-state index contributed by atoms with van der Waals surface area (Å²) in [6.45, 7) is 6.39. The van der Waals surface area contributed by atoms with E-state index >= 15 is 0 Å². The Bertz CT molecular complexity index is 254. The molecular formula is C13H24N2O. The molecule has 1 aliphatic carbocycles. The van der Waals surface area contributed by atoms with Gasteiger partial charge in [-0.2, -0.15) is 0 Å². The first kappa shape index (κ1) is 11.7. The van der Waals surface area contributed by atoms with Crippen molar-refractivity contribution in [2.24, 2.45) is 11.8 Å². The van der Waals surface area contributed by atoms with Crippen LogP contribution in [-0.2, 0) is 0 Å². The first-order chi connectivity index (χ1) is 7.65. The predicted octanol–water partition coefficient (Wildman–Crippen LogP) is 2.62. The summed E-state index contributed by atoms with van der Waals surface area (Å²) in [4.78, 5) is 14.0. The summed E-state index contributed by atoms with van der Waals surface area (Å²) in [6.07, 6.45) is 6.02. The van der Waals surface area contributed by atoms with Crippen LogP contribution in [0.15, 0.2) is 0 Å². The average Bonchev–Trinajstić information content (AvgIpc) is 2.64. The van der Waals surface area contributed by atoms with E-state index in [1.807, 2.05) is 4.90 Å². The molecule has 0 aromatic heterocycles. The van der Waals surface area contributed by atoms with Gasteiger partial charge in [0.15, 0.2) is 0 Å². The van der Waals surface area contributed by atoms with Crippen molar-refractivity contribution >= 4 is 6.03 Å². The lowest BCUT2D eigenvalue weighted by molar-refractivity contribution is 0.166. The molecule has 92 valence electrons. The number of carbonyl (C=O) groups excluding carboxylic acids is 1. The number of nitrogens with zero attached hydrogens (tertiary/aromatic N) is 1. The molecule has 0 radical (unpaired) electrons. The fourth-order valence-corrected chi connectivity index (χ4v) is 2.98. The summed E-state index contributed by atoms with van der Waals surface area (Å²) in [5.41, 5.74) is 0. The molecule has 1 N–H and O–H groups in total. The van der Waals surface area contributed by atoms with Gasteiger partial charge in [-0.25, -0.2) is 4.79 Å². The number of amides is 2. The molecule has 2 amide bonds. The third kappa shape index (κ3) is 2.89. The van der Waals surface area contributed by atoms with Crippen LogP contribution in [0.3, 0.4) is 0 Å². The Balaban J connectivity index is 1.78. The van der Waals surface area contributed by atoms with Gasteiger partial charge < -0.3 is 10.2 Å². The minimum atomic E-state index is 0.172. The second-order valence-electron chi connectivity index (χ2n) is 5.76. The molecule has 2 aliphatic rings. The molecule has 0 spiro atoms. The quantitative estimate of drug-likeness (QED) is 0.729. The molecule has 1 saturated heterocycles. The number of hydrogen-bond donors (Lipinski definition) is 1. The number of piperidine rings is 1. The smallest absolute Gasteiger partial charge is 0.317 e. The van der Waals surface area contributed by atoms with Crippen molar-refractivity contribution in [1.29, 1.82) is 0 Å². The number of carbonyl (C=O) groups is 1. The van der Waals surface area contributed by atoms with Crippen LogP contribution in [0.1, 0.15) is 46.0 Å². The minimum Gasteiger partial charge on any atom is -0.335 e. The second-order valence-corrected chi connectivity index (χ2v) is 5.76. The van der Waals surface area contributed by atoms with E-state index in [9.17, 15) is 4.79 Å². The Morgan fingerprint density at radius 1 is 1.19 bits per heavy atom. The van der Waals surface area contributed by atoms with E-state index in [1.165, 1.54) is 12.8 Å². The van der Waals surface area contributed by atoms with Gasteiger partial charge in [-0.05, 0) is 43.9 Å². The molecule has 0 aromatic rings. The summed E-state index contributed by atoms with van der Waals surface area (Å²) >= 11 is 0. The van der Waals surface area contributed by atoms with Gasteiger partial charge in [0.05, 0.1) is 0 Å². The van der Waals surface area contributed by atoms with Crippen molar-refractivity contribution < 1.29 is 4.79 Å². The van der Waals surface area contributed by atoms with Crippen LogP contribution in [-0.4, -0.2) is 30.1 Å². The van der Waals surface area contributed by atoms with Crippen LogP contribution in [0.2, 0.25) is 0 Å². The molecule has 0 bridgehead atoms. The molecule has 1 saturated carbocycles. The third-order valence-electron chi connectivity index (χ3n) is 3.97. The van der Waals surface area contributed by atoms with E-state index in [0.717, 1.165) is 38.3 Å². The second kappa shape index (κ2) is 5.07. The van der Waals surface area contributed by atoms with Gasteiger partial charge in [0.1, 0.15) is 0 Å². The van der Waals surface area contributed by atoms with Crippen LogP contribution in [0.25, 0.3) is 0 Å². The van der Waals surface area contributed by atoms with Gasteiger partial charge in [0.2, 0.25) is 0 Å². The van der Waals surface area contributed by atoms with Crippen LogP contribution < -0.4 is 5.32 Å². The Hall–Kier alpha value is -0.730. The molecule has 1 aliphatic heterocycles. The van der Waals surface area contributed by atoms with Crippen molar-refractivity contribution in [3.05, 3.63) is 0 Å². The molecular weight excluding hydrogens is 200 g/mol. The maximum Gasteiger partial charge on any atom is 0.317 e. The molecule has 2 rings (SSSR count). The standard InChI is InChI=1S/C13H24N2O/c1-10-5-6-12(8-10)14-13(16)15-7-3-4-11(2)9-15/h10-12H,3-9H2,1-2H3,(H,14,16). The lowest BCUT2D eigenvalue weighted by Gasteiger charge is -2.32. The first-order valence-electron chi connectivity index (χ1n) is 6.70. The largest absolute Gasteiger partial charge is 0.335 e. The highest BCUT2D eigenvalue weighted by atomic mass is 16.2. The average molecular weight is 224 g/mol. The highest BCUT2D eigenvalue weighted by Gasteiger charge is 2.26. The van der Waals surface area contributed by atoms with Crippen molar-refractivity contribution in [3.63, 3.8) is 0 Å². The topological polar surface area (TPSA) is 32.3 Å². The highest BCUT2D eigenvalue weighted by Crippen LogP contribution is 2.25. The van der Waals surface area contributed by atoms with E-state index in [-0.39, 0.29) is 6.03 Å². The molecule has 3 heteroatoms. The zero-order valence-corrected chi connectivity index (χ0v) is 10.5. The van der Waals surface area contributed by atoms with Crippen molar-refractivity contribution in [1.82, 2.24) is 10.2 Å². The maximum absolute atomic E-state index is 12.0. The van der Waals surface area contributed by atoms with Crippen molar-refractivity contribution in [3.8, 4) is 0 Å². The van der Waals surface area contributed by atoms with E-state index in [0.29, 0.717) is 12.0 Å². The SMILES string of the molecule is CC1CCC(NC(=O)N2CCCC(C)C2)C1. The molecule has 2 fully saturated rings.